The summed E-state index contributed by atoms with van der Waals surface area (Å²) in [6, 6.07) is 11.9. The Bertz CT molecular complexity index is 640. The number of phenolic OH excluding ortho intramolecular Hbond substituents is 1. The molecule has 0 aliphatic carbocycles. The van der Waals surface area contributed by atoms with Gasteiger partial charge in [0.05, 0.1) is 0 Å². The summed E-state index contributed by atoms with van der Waals surface area (Å²) >= 11 is 3.47. The lowest BCUT2D eigenvalue weighted by molar-refractivity contribution is -0.116. The number of amides is 1. The molecule has 4 nitrogen and oxygen atoms in total. The molecule has 0 saturated carbocycles. The van der Waals surface area contributed by atoms with Gasteiger partial charge in [-0.15, -0.1) is 0 Å². The number of hydrogen-bond acceptors (Lipinski definition) is 3. The molecule has 2 aromatic carbocycles. The topological polar surface area (TPSA) is 61.4 Å². The third kappa shape index (κ3) is 2.17. The van der Waals surface area contributed by atoms with Gasteiger partial charge in [0.2, 0.25) is 0 Å². The first kappa shape index (κ1) is 12.0. The van der Waals surface area contributed by atoms with E-state index >= 15 is 0 Å². The molecule has 5 heteroatoms. The minimum atomic E-state index is -0.435. The highest BCUT2D eigenvalue weighted by Crippen LogP contribution is 2.38. The van der Waals surface area contributed by atoms with Crippen molar-refractivity contribution in [3.63, 3.8) is 0 Å². The lowest BCUT2D eigenvalue weighted by atomic mass is 10.1. The molecule has 1 amide bonds. The van der Waals surface area contributed by atoms with Crippen molar-refractivity contribution in [3.05, 3.63) is 52.5 Å². The average Bonchev–Trinajstić information content (AvgIpc) is 2.70. The van der Waals surface area contributed by atoms with Gasteiger partial charge < -0.3 is 15.7 Å². The van der Waals surface area contributed by atoms with Gasteiger partial charge in [-0.2, -0.15) is 0 Å². The maximum Gasteiger partial charge on any atom is 0.251 e. The van der Waals surface area contributed by atoms with Crippen LogP contribution in [-0.2, 0) is 4.79 Å². The largest absolute Gasteiger partial charge is 0.508 e. The molecule has 0 saturated heterocycles. The standard InChI is InChI=1S/C14H11BrN2O2/c15-10-2-1-3-11-12(10)13(14(19)17-11)16-8-4-6-9(18)7-5-8/h1-7,13,16,18H,(H,17,19). The van der Waals surface area contributed by atoms with E-state index in [9.17, 15) is 9.90 Å². The second-order valence-electron chi connectivity index (χ2n) is 4.31. The van der Waals surface area contributed by atoms with Crippen LogP contribution in [0.4, 0.5) is 11.4 Å². The molecule has 96 valence electrons. The molecule has 0 aromatic heterocycles. The van der Waals surface area contributed by atoms with Crippen molar-refractivity contribution in [2.45, 2.75) is 6.04 Å². The minimum absolute atomic E-state index is 0.0880. The number of halogens is 1. The zero-order valence-corrected chi connectivity index (χ0v) is 11.4. The molecule has 3 N–H and O–H groups in total. The molecule has 3 rings (SSSR count). The lowest BCUT2D eigenvalue weighted by Crippen LogP contribution is -2.19. The Morgan fingerprint density at radius 2 is 1.89 bits per heavy atom. The van der Waals surface area contributed by atoms with E-state index in [2.05, 4.69) is 26.6 Å². The molecule has 0 spiro atoms. The fourth-order valence-electron chi connectivity index (χ4n) is 2.14. The fraction of sp³-hybridized carbons (Fsp3) is 0.0714. The SMILES string of the molecule is O=C1Nc2cccc(Br)c2C1Nc1ccc(O)cc1. The minimum Gasteiger partial charge on any atom is -0.508 e. The van der Waals surface area contributed by atoms with E-state index in [0.29, 0.717) is 0 Å². The lowest BCUT2D eigenvalue weighted by Gasteiger charge is -2.14. The van der Waals surface area contributed by atoms with Gasteiger partial charge in [-0.1, -0.05) is 22.0 Å². The number of benzene rings is 2. The summed E-state index contributed by atoms with van der Waals surface area (Å²) in [6.07, 6.45) is 0. The van der Waals surface area contributed by atoms with Crippen LogP contribution in [0.5, 0.6) is 5.75 Å². The second kappa shape index (κ2) is 4.59. The number of nitrogens with one attached hydrogen (secondary N) is 2. The van der Waals surface area contributed by atoms with Gasteiger partial charge in [-0.3, -0.25) is 4.79 Å². The van der Waals surface area contributed by atoms with Gasteiger partial charge >= 0.3 is 0 Å². The van der Waals surface area contributed by atoms with Crippen molar-refractivity contribution < 1.29 is 9.90 Å². The van der Waals surface area contributed by atoms with Crippen LogP contribution in [0.25, 0.3) is 0 Å². The van der Waals surface area contributed by atoms with Crippen molar-refractivity contribution in [1.82, 2.24) is 0 Å². The summed E-state index contributed by atoms with van der Waals surface area (Å²) < 4.78 is 0.889. The highest BCUT2D eigenvalue weighted by Gasteiger charge is 2.32. The highest BCUT2D eigenvalue weighted by atomic mass is 79.9. The maximum atomic E-state index is 12.0. The van der Waals surface area contributed by atoms with E-state index in [1.165, 1.54) is 0 Å². The first-order valence-electron chi connectivity index (χ1n) is 5.80. The third-order valence-electron chi connectivity index (χ3n) is 3.04. The summed E-state index contributed by atoms with van der Waals surface area (Å²) in [6.45, 7) is 0. The van der Waals surface area contributed by atoms with Crippen LogP contribution >= 0.6 is 15.9 Å². The Morgan fingerprint density at radius 3 is 2.63 bits per heavy atom. The van der Waals surface area contributed by atoms with Crippen molar-refractivity contribution in [2.75, 3.05) is 10.6 Å². The fourth-order valence-corrected chi connectivity index (χ4v) is 2.73. The van der Waals surface area contributed by atoms with E-state index in [-0.39, 0.29) is 11.7 Å². The van der Waals surface area contributed by atoms with Gasteiger partial charge in [0.15, 0.2) is 0 Å². The molecular formula is C14H11BrN2O2. The van der Waals surface area contributed by atoms with Gasteiger partial charge in [0.1, 0.15) is 11.8 Å². The zero-order chi connectivity index (χ0) is 13.4. The normalized spacial score (nSPS) is 16.9. The van der Waals surface area contributed by atoms with Crippen LogP contribution in [0.2, 0.25) is 0 Å². The number of carbonyl (C=O) groups excluding carboxylic acids is 1. The predicted octanol–water partition coefficient (Wildman–Crippen LogP) is 3.26. The van der Waals surface area contributed by atoms with E-state index in [4.69, 9.17) is 0 Å². The molecule has 1 heterocycles. The van der Waals surface area contributed by atoms with Crippen molar-refractivity contribution in [1.29, 1.82) is 0 Å². The van der Waals surface area contributed by atoms with Crippen molar-refractivity contribution >= 4 is 33.2 Å². The average molecular weight is 319 g/mol. The van der Waals surface area contributed by atoms with E-state index in [1.807, 2.05) is 18.2 Å². The van der Waals surface area contributed by atoms with Crippen LogP contribution in [0.1, 0.15) is 11.6 Å². The molecule has 1 unspecified atom stereocenters. The molecule has 2 aromatic rings. The number of anilines is 2. The summed E-state index contributed by atoms with van der Waals surface area (Å²) in [5.74, 6) is 0.109. The molecular weight excluding hydrogens is 308 g/mol. The van der Waals surface area contributed by atoms with Gasteiger partial charge in [-0.05, 0) is 36.4 Å². The van der Waals surface area contributed by atoms with E-state index < -0.39 is 6.04 Å². The first-order valence-corrected chi connectivity index (χ1v) is 6.59. The highest BCUT2D eigenvalue weighted by molar-refractivity contribution is 9.10. The number of fused-ring (bicyclic) bond motifs is 1. The Labute approximate surface area is 118 Å². The van der Waals surface area contributed by atoms with E-state index in [1.54, 1.807) is 24.3 Å². The number of hydrogen-bond donors (Lipinski definition) is 3. The number of phenols is 1. The smallest absolute Gasteiger partial charge is 0.251 e. The quantitative estimate of drug-likeness (QED) is 0.745. The molecule has 1 atom stereocenters. The third-order valence-corrected chi connectivity index (χ3v) is 3.73. The first-order chi connectivity index (χ1) is 9.15. The predicted molar refractivity (Wildman–Crippen MR) is 77.2 cm³/mol. The summed E-state index contributed by atoms with van der Waals surface area (Å²) in [5.41, 5.74) is 2.50. The molecule has 0 radical (unpaired) electrons. The van der Waals surface area contributed by atoms with Gasteiger partial charge in [0, 0.05) is 21.4 Å². The number of aromatic hydroxyl groups is 1. The van der Waals surface area contributed by atoms with Gasteiger partial charge in [0.25, 0.3) is 5.91 Å². The van der Waals surface area contributed by atoms with Crippen LogP contribution in [0, 0.1) is 0 Å². The van der Waals surface area contributed by atoms with Crippen LogP contribution < -0.4 is 10.6 Å². The molecule has 0 fully saturated rings. The molecule has 1 aliphatic heterocycles. The van der Waals surface area contributed by atoms with Crippen molar-refractivity contribution in [2.24, 2.45) is 0 Å². The Balaban J connectivity index is 1.94. The van der Waals surface area contributed by atoms with Crippen LogP contribution in [0.15, 0.2) is 46.9 Å². The Hall–Kier alpha value is -2.01. The van der Waals surface area contributed by atoms with Crippen LogP contribution in [-0.4, -0.2) is 11.0 Å². The molecule has 1 aliphatic rings. The van der Waals surface area contributed by atoms with E-state index in [0.717, 1.165) is 21.4 Å². The van der Waals surface area contributed by atoms with Crippen LogP contribution in [0.3, 0.4) is 0 Å². The maximum absolute atomic E-state index is 12.0. The summed E-state index contributed by atoms with van der Waals surface area (Å²) in [4.78, 5) is 12.0. The summed E-state index contributed by atoms with van der Waals surface area (Å²) in [5, 5.41) is 15.3. The second-order valence-corrected chi connectivity index (χ2v) is 5.17. The molecule has 19 heavy (non-hydrogen) atoms. The van der Waals surface area contributed by atoms with Crippen molar-refractivity contribution in [3.8, 4) is 5.75 Å². The van der Waals surface area contributed by atoms with Gasteiger partial charge in [-0.25, -0.2) is 0 Å². The Morgan fingerprint density at radius 1 is 1.16 bits per heavy atom. The summed E-state index contributed by atoms with van der Waals surface area (Å²) in [7, 11) is 0. The number of rotatable bonds is 2. The zero-order valence-electron chi connectivity index (χ0n) is 9.85. The number of carbonyl (C=O) groups is 1. The monoisotopic (exact) mass is 318 g/mol. The Kier molecular flexibility index (Phi) is 2.91. The molecule has 0 bridgehead atoms.